The minimum Gasteiger partial charge on any atom is -0.428 e. The van der Waals surface area contributed by atoms with Gasteiger partial charge in [-0.1, -0.05) is 19.1 Å². The summed E-state index contributed by atoms with van der Waals surface area (Å²) < 4.78 is 5.84. The maximum absolute atomic E-state index is 13.4. The van der Waals surface area contributed by atoms with Crippen molar-refractivity contribution in [1.29, 1.82) is 0 Å². The van der Waals surface area contributed by atoms with Gasteiger partial charge in [-0.2, -0.15) is 4.98 Å². The third-order valence-electron chi connectivity index (χ3n) is 6.57. The highest BCUT2D eigenvalue weighted by Crippen LogP contribution is 2.46. The number of amides is 3. The van der Waals surface area contributed by atoms with Gasteiger partial charge in [0.2, 0.25) is 0 Å². The van der Waals surface area contributed by atoms with E-state index in [9.17, 15) is 9.59 Å². The molecule has 3 aliphatic rings. The fraction of sp³-hybridized carbons (Fsp3) is 0.320. The molecule has 11 heteroatoms. The number of anilines is 3. The zero-order valence-corrected chi connectivity index (χ0v) is 20.7. The quantitative estimate of drug-likeness (QED) is 0.481. The largest absolute Gasteiger partial charge is 0.428 e. The first-order valence-corrected chi connectivity index (χ1v) is 12.8. The number of nitrogens with one attached hydrogen (secondary N) is 3. The Balaban J connectivity index is 1.33. The van der Waals surface area contributed by atoms with Gasteiger partial charge in [0, 0.05) is 24.7 Å². The maximum Gasteiger partial charge on any atom is 0.331 e. The number of allylic oxidation sites excluding steroid dienone is 3. The summed E-state index contributed by atoms with van der Waals surface area (Å²) in [4.78, 5) is 42.5. The van der Waals surface area contributed by atoms with Crippen molar-refractivity contribution in [2.75, 3.05) is 23.3 Å². The highest BCUT2D eigenvalue weighted by atomic mass is 32.1. The van der Waals surface area contributed by atoms with Crippen LogP contribution in [0.2, 0.25) is 0 Å². The third kappa shape index (κ3) is 3.90. The van der Waals surface area contributed by atoms with Crippen LogP contribution in [0.1, 0.15) is 35.1 Å². The van der Waals surface area contributed by atoms with Crippen LogP contribution >= 0.6 is 11.3 Å². The Morgan fingerprint density at radius 2 is 2.19 bits per heavy atom. The molecule has 5 heterocycles. The van der Waals surface area contributed by atoms with Gasteiger partial charge in [-0.3, -0.25) is 9.69 Å². The van der Waals surface area contributed by atoms with Gasteiger partial charge in [0.05, 0.1) is 34.3 Å². The van der Waals surface area contributed by atoms with Crippen LogP contribution < -0.4 is 25.6 Å². The van der Waals surface area contributed by atoms with E-state index in [4.69, 9.17) is 4.74 Å². The summed E-state index contributed by atoms with van der Waals surface area (Å²) in [6, 6.07) is 1.66. The first-order valence-electron chi connectivity index (χ1n) is 11.9. The number of nitrogens with zero attached hydrogens (tertiary/aromatic N) is 4. The summed E-state index contributed by atoms with van der Waals surface area (Å²) in [5, 5.41) is 10.0. The smallest absolute Gasteiger partial charge is 0.331 e. The second-order valence-electron chi connectivity index (χ2n) is 9.07. The van der Waals surface area contributed by atoms with Crippen LogP contribution in [0.5, 0.6) is 6.01 Å². The van der Waals surface area contributed by atoms with Crippen molar-refractivity contribution in [3.05, 3.63) is 53.0 Å². The number of aryl methyl sites for hydroxylation is 1. The number of urea groups is 1. The number of hydrogen-bond donors (Lipinski definition) is 3. The number of thiophene rings is 1. The van der Waals surface area contributed by atoms with Gasteiger partial charge in [-0.15, -0.1) is 11.3 Å². The molecular formula is C25H25N7O3S. The summed E-state index contributed by atoms with van der Waals surface area (Å²) in [6.07, 6.45) is 11.0. The van der Waals surface area contributed by atoms with E-state index in [1.807, 2.05) is 25.2 Å². The van der Waals surface area contributed by atoms with Gasteiger partial charge in [0.1, 0.15) is 15.5 Å². The number of hydrogen-bond acceptors (Lipinski definition) is 8. The summed E-state index contributed by atoms with van der Waals surface area (Å²) in [5.74, 6) is 0.725. The van der Waals surface area contributed by atoms with Gasteiger partial charge in [0.25, 0.3) is 5.91 Å². The highest BCUT2D eigenvalue weighted by molar-refractivity contribution is 7.21. The first-order chi connectivity index (χ1) is 17.5. The predicted molar refractivity (Wildman–Crippen MR) is 138 cm³/mol. The number of aromatic nitrogens is 3. The molecule has 1 saturated heterocycles. The Morgan fingerprint density at radius 1 is 1.31 bits per heavy atom. The number of ether oxygens (including phenoxy) is 1. The van der Waals surface area contributed by atoms with E-state index in [0.29, 0.717) is 32.5 Å². The maximum atomic E-state index is 13.4. The summed E-state index contributed by atoms with van der Waals surface area (Å²) in [6.45, 7) is 5.54. The van der Waals surface area contributed by atoms with Gasteiger partial charge in [-0.25, -0.2) is 14.8 Å². The van der Waals surface area contributed by atoms with E-state index in [2.05, 4.69) is 30.9 Å². The predicted octanol–water partition coefficient (Wildman–Crippen LogP) is 4.03. The molecule has 3 aromatic rings. The van der Waals surface area contributed by atoms with E-state index >= 15 is 0 Å². The molecule has 6 rings (SSSR count). The lowest BCUT2D eigenvalue weighted by Crippen LogP contribution is -2.45. The number of piperidine rings is 1. The van der Waals surface area contributed by atoms with Crippen LogP contribution in [-0.4, -0.2) is 46.0 Å². The Labute approximate surface area is 211 Å². The van der Waals surface area contributed by atoms with Crippen LogP contribution in [0.15, 0.2) is 42.4 Å². The lowest BCUT2D eigenvalue weighted by atomic mass is 10.1. The molecule has 0 bridgehead atoms. The van der Waals surface area contributed by atoms with Crippen LogP contribution in [0.3, 0.4) is 0 Å². The fourth-order valence-corrected chi connectivity index (χ4v) is 5.74. The molecule has 0 radical (unpaired) electrons. The summed E-state index contributed by atoms with van der Waals surface area (Å²) >= 11 is 1.27. The van der Waals surface area contributed by atoms with Crippen molar-refractivity contribution < 1.29 is 14.3 Å². The highest BCUT2D eigenvalue weighted by Gasteiger charge is 2.34. The second kappa shape index (κ2) is 8.99. The molecule has 0 spiro atoms. The Kier molecular flexibility index (Phi) is 5.65. The molecule has 1 aliphatic carbocycles. The molecule has 36 heavy (non-hydrogen) atoms. The van der Waals surface area contributed by atoms with E-state index < -0.39 is 6.03 Å². The van der Waals surface area contributed by atoms with Crippen molar-refractivity contribution >= 4 is 50.6 Å². The fourth-order valence-electron chi connectivity index (χ4n) is 4.71. The van der Waals surface area contributed by atoms with Crippen LogP contribution in [0.25, 0.3) is 10.2 Å². The van der Waals surface area contributed by atoms with Gasteiger partial charge in [0.15, 0.2) is 0 Å². The van der Waals surface area contributed by atoms with E-state index in [-0.39, 0.29) is 23.9 Å². The molecule has 3 aromatic heterocycles. The normalized spacial score (nSPS) is 20.9. The van der Waals surface area contributed by atoms with Crippen LogP contribution in [0.4, 0.5) is 21.9 Å². The molecule has 2 atom stereocenters. The topological polar surface area (TPSA) is 121 Å². The monoisotopic (exact) mass is 503 g/mol. The number of rotatable bonds is 5. The van der Waals surface area contributed by atoms with E-state index in [0.717, 1.165) is 37.1 Å². The zero-order valence-electron chi connectivity index (χ0n) is 19.9. The first kappa shape index (κ1) is 22.6. The Bertz CT molecular complexity index is 1440. The Hall–Kier alpha value is -3.83. The molecule has 3 N–H and O–H groups in total. The van der Waals surface area contributed by atoms with Crippen molar-refractivity contribution in [1.82, 2.24) is 25.6 Å². The molecule has 184 valence electrons. The average Bonchev–Trinajstić information content (AvgIpc) is 3.45. The minimum absolute atomic E-state index is 0.0613. The van der Waals surface area contributed by atoms with Crippen molar-refractivity contribution in [3.63, 3.8) is 0 Å². The zero-order chi connectivity index (χ0) is 24.8. The van der Waals surface area contributed by atoms with Crippen molar-refractivity contribution in [2.45, 2.75) is 32.7 Å². The minimum atomic E-state index is -0.390. The SMILES string of the molecule is Cc1nc(OC2=CC=CC2C)ncc1N1C(=O)Nc2c(C(=O)N[C@@H]3CCCNC3)sc3nccc1c23. The molecule has 2 aliphatic heterocycles. The van der Waals surface area contributed by atoms with Gasteiger partial charge >= 0.3 is 12.0 Å². The van der Waals surface area contributed by atoms with Crippen molar-refractivity contribution in [2.24, 2.45) is 5.92 Å². The average molecular weight is 504 g/mol. The molecular weight excluding hydrogens is 478 g/mol. The number of carbonyl (C=O) groups excluding carboxylic acids is 2. The standard InChI is InChI=1S/C25H25N7O3S/c1-13-5-3-7-18(13)35-24-28-12-17(14(2)29-24)32-16-8-10-27-23-19(16)20(31-25(32)34)21(36-23)22(33)30-15-6-4-9-26-11-15/h3,5,7-8,10,12-13,15,26H,4,6,9,11H2,1-2H3,(H,30,33)(H,31,34)/t13?,15-/m1/s1. The van der Waals surface area contributed by atoms with Gasteiger partial charge in [-0.05, 0) is 38.5 Å². The Morgan fingerprint density at radius 3 is 2.94 bits per heavy atom. The number of pyridine rings is 1. The lowest BCUT2D eigenvalue weighted by Gasteiger charge is -2.29. The number of carbonyl (C=O) groups is 2. The summed E-state index contributed by atoms with van der Waals surface area (Å²) in [7, 11) is 0. The lowest BCUT2D eigenvalue weighted by molar-refractivity contribution is 0.0935. The van der Waals surface area contributed by atoms with E-state index in [1.54, 1.807) is 25.4 Å². The molecule has 3 amide bonds. The second-order valence-corrected chi connectivity index (χ2v) is 10.1. The van der Waals surface area contributed by atoms with Crippen LogP contribution in [-0.2, 0) is 0 Å². The third-order valence-corrected chi connectivity index (χ3v) is 7.67. The molecule has 0 aromatic carbocycles. The van der Waals surface area contributed by atoms with Crippen molar-refractivity contribution in [3.8, 4) is 6.01 Å². The molecule has 1 unspecified atom stereocenters. The van der Waals surface area contributed by atoms with Gasteiger partial charge < -0.3 is 20.7 Å². The van der Waals surface area contributed by atoms with Crippen LogP contribution in [0, 0.1) is 12.8 Å². The summed E-state index contributed by atoms with van der Waals surface area (Å²) in [5.41, 5.74) is 2.23. The van der Waals surface area contributed by atoms with E-state index in [1.165, 1.54) is 16.2 Å². The molecule has 10 nitrogen and oxygen atoms in total. The molecule has 1 fully saturated rings. The molecule has 0 saturated carbocycles.